The number of halogens is 2. The van der Waals surface area contributed by atoms with Crippen LogP contribution in [0.1, 0.15) is 23.2 Å². The number of benzene rings is 2. The van der Waals surface area contributed by atoms with Gasteiger partial charge in [0.1, 0.15) is 5.75 Å². The van der Waals surface area contributed by atoms with Crippen LogP contribution in [0.4, 0.5) is 5.82 Å². The minimum absolute atomic E-state index is 0.300. The van der Waals surface area contributed by atoms with Crippen molar-refractivity contribution >= 4 is 40.6 Å². The van der Waals surface area contributed by atoms with Gasteiger partial charge in [0, 0.05) is 18.2 Å². The summed E-state index contributed by atoms with van der Waals surface area (Å²) in [6, 6.07) is 14.7. The van der Waals surface area contributed by atoms with Crippen LogP contribution in [0.25, 0.3) is 0 Å². The molecule has 0 bridgehead atoms. The maximum Gasteiger partial charge on any atom is 0.269 e. The van der Waals surface area contributed by atoms with Crippen molar-refractivity contribution in [3.63, 3.8) is 0 Å². The van der Waals surface area contributed by atoms with Gasteiger partial charge in [0.2, 0.25) is 6.10 Å². The molecule has 1 atom stereocenters. The number of ether oxygens (including phenoxy) is 1. The topological polar surface area (TPSA) is 77.7 Å². The number of amides is 1. The molecular weight excluding hydrogens is 439 g/mol. The fourth-order valence-corrected chi connectivity index (χ4v) is 3.54. The Kier molecular flexibility index (Phi) is 6.15. The van der Waals surface area contributed by atoms with Gasteiger partial charge in [-0.05, 0) is 54.4 Å². The predicted molar refractivity (Wildman–Crippen MR) is 120 cm³/mol. The average molecular weight is 459 g/mol. The largest absolute Gasteiger partial charge is 0.497 e. The number of methoxy groups -OCH3 is 1. The maximum absolute atomic E-state index is 12.6. The molecule has 1 aliphatic rings. The molecule has 7 nitrogen and oxygen atoms in total. The summed E-state index contributed by atoms with van der Waals surface area (Å²) < 4.78 is 6.94. The molecule has 4 rings (SSSR count). The number of hydrogen-bond acceptors (Lipinski definition) is 5. The van der Waals surface area contributed by atoms with E-state index in [0.717, 1.165) is 22.6 Å². The SMILES string of the molecule is COc1ccc(C2=NOC(C(=O)Nc3cc(C)n(Cc4ccc(Cl)c(Cl)c4)n3)C2)cc1. The fourth-order valence-electron chi connectivity index (χ4n) is 3.22. The first-order valence-corrected chi connectivity index (χ1v) is 10.3. The van der Waals surface area contributed by atoms with Gasteiger partial charge in [0.15, 0.2) is 5.82 Å². The minimum atomic E-state index is -0.711. The van der Waals surface area contributed by atoms with Gasteiger partial charge in [0.05, 0.1) is 29.4 Å². The molecule has 3 aromatic rings. The summed E-state index contributed by atoms with van der Waals surface area (Å²) in [5, 5.41) is 12.3. The van der Waals surface area contributed by atoms with E-state index >= 15 is 0 Å². The van der Waals surface area contributed by atoms with Crippen molar-refractivity contribution in [1.82, 2.24) is 9.78 Å². The Morgan fingerprint density at radius 3 is 2.68 bits per heavy atom. The number of nitrogens with one attached hydrogen (secondary N) is 1. The summed E-state index contributed by atoms with van der Waals surface area (Å²) in [5.41, 5.74) is 3.45. The molecule has 1 amide bonds. The average Bonchev–Trinajstić information content (AvgIpc) is 3.38. The van der Waals surface area contributed by atoms with Gasteiger partial charge in [0.25, 0.3) is 5.91 Å². The number of rotatable bonds is 6. The molecule has 1 N–H and O–H groups in total. The Morgan fingerprint density at radius 1 is 1.19 bits per heavy atom. The second kappa shape index (κ2) is 8.99. The van der Waals surface area contributed by atoms with E-state index in [2.05, 4.69) is 15.6 Å². The first-order valence-electron chi connectivity index (χ1n) is 9.59. The first-order chi connectivity index (χ1) is 14.9. The van der Waals surface area contributed by atoms with Gasteiger partial charge in [-0.3, -0.25) is 9.48 Å². The van der Waals surface area contributed by atoms with Gasteiger partial charge in [-0.2, -0.15) is 5.10 Å². The number of aromatic nitrogens is 2. The van der Waals surface area contributed by atoms with E-state index in [1.54, 1.807) is 30.0 Å². The molecule has 2 heterocycles. The highest BCUT2D eigenvalue weighted by Crippen LogP contribution is 2.24. The zero-order chi connectivity index (χ0) is 22.0. The zero-order valence-corrected chi connectivity index (χ0v) is 18.4. The zero-order valence-electron chi connectivity index (χ0n) is 16.9. The van der Waals surface area contributed by atoms with Crippen LogP contribution in [0, 0.1) is 6.92 Å². The van der Waals surface area contributed by atoms with Crippen molar-refractivity contribution in [2.45, 2.75) is 26.0 Å². The highest BCUT2D eigenvalue weighted by molar-refractivity contribution is 6.42. The van der Waals surface area contributed by atoms with Crippen LogP contribution in [0.5, 0.6) is 5.75 Å². The van der Waals surface area contributed by atoms with E-state index in [9.17, 15) is 4.79 Å². The lowest BCUT2D eigenvalue weighted by Crippen LogP contribution is -2.28. The first kappa shape index (κ1) is 21.2. The molecule has 0 radical (unpaired) electrons. The van der Waals surface area contributed by atoms with Crippen molar-refractivity contribution in [2.24, 2.45) is 5.16 Å². The van der Waals surface area contributed by atoms with Gasteiger partial charge in [-0.1, -0.05) is 34.4 Å². The number of nitrogens with zero attached hydrogens (tertiary/aromatic N) is 3. The summed E-state index contributed by atoms with van der Waals surface area (Å²) in [6.45, 7) is 2.42. The Bertz CT molecular complexity index is 1140. The third-order valence-corrected chi connectivity index (χ3v) is 5.67. The molecule has 0 saturated heterocycles. The van der Waals surface area contributed by atoms with E-state index in [-0.39, 0.29) is 5.91 Å². The molecule has 1 unspecified atom stereocenters. The summed E-state index contributed by atoms with van der Waals surface area (Å²) >= 11 is 12.1. The Labute approximate surface area is 189 Å². The van der Waals surface area contributed by atoms with E-state index in [1.165, 1.54) is 0 Å². The number of oxime groups is 1. The molecule has 0 spiro atoms. The lowest BCUT2D eigenvalue weighted by atomic mass is 10.0. The Hall–Kier alpha value is -3.03. The van der Waals surface area contributed by atoms with Crippen molar-refractivity contribution in [1.29, 1.82) is 0 Å². The number of aryl methyl sites for hydroxylation is 1. The molecule has 31 heavy (non-hydrogen) atoms. The lowest BCUT2D eigenvalue weighted by molar-refractivity contribution is -0.125. The summed E-state index contributed by atoms with van der Waals surface area (Å²) in [5.74, 6) is 0.903. The summed E-state index contributed by atoms with van der Waals surface area (Å²) in [4.78, 5) is 18.0. The number of hydrogen-bond donors (Lipinski definition) is 1. The molecular formula is C22H20Cl2N4O3. The van der Waals surface area contributed by atoms with Crippen LogP contribution in [-0.4, -0.2) is 34.6 Å². The number of carbonyl (C=O) groups is 1. The molecule has 0 fully saturated rings. The lowest BCUT2D eigenvalue weighted by Gasteiger charge is -2.08. The highest BCUT2D eigenvalue weighted by atomic mass is 35.5. The minimum Gasteiger partial charge on any atom is -0.497 e. The molecule has 160 valence electrons. The molecule has 2 aromatic carbocycles. The number of carbonyl (C=O) groups excluding carboxylic acids is 1. The third kappa shape index (κ3) is 4.84. The number of anilines is 1. The molecule has 0 aliphatic carbocycles. The van der Waals surface area contributed by atoms with Crippen LogP contribution in [0.3, 0.4) is 0 Å². The van der Waals surface area contributed by atoms with Gasteiger partial charge in [-0.15, -0.1) is 0 Å². The van der Waals surface area contributed by atoms with Gasteiger partial charge in [-0.25, -0.2) is 0 Å². The van der Waals surface area contributed by atoms with E-state index in [4.69, 9.17) is 32.8 Å². The van der Waals surface area contributed by atoms with Crippen LogP contribution < -0.4 is 10.1 Å². The molecule has 1 aromatic heterocycles. The normalized spacial score (nSPS) is 15.4. The highest BCUT2D eigenvalue weighted by Gasteiger charge is 2.29. The summed E-state index contributed by atoms with van der Waals surface area (Å²) in [7, 11) is 1.61. The Balaban J connectivity index is 1.38. The van der Waals surface area contributed by atoms with Crippen molar-refractivity contribution in [2.75, 3.05) is 12.4 Å². The maximum atomic E-state index is 12.6. The molecule has 1 aliphatic heterocycles. The molecule has 9 heteroatoms. The molecule has 0 saturated carbocycles. The van der Waals surface area contributed by atoms with Gasteiger partial charge >= 0.3 is 0 Å². The van der Waals surface area contributed by atoms with E-state index < -0.39 is 6.10 Å². The predicted octanol–water partition coefficient (Wildman–Crippen LogP) is 4.69. The van der Waals surface area contributed by atoms with E-state index in [0.29, 0.717) is 34.5 Å². The van der Waals surface area contributed by atoms with Crippen LogP contribution >= 0.6 is 23.2 Å². The second-order valence-corrected chi connectivity index (χ2v) is 7.95. The smallest absolute Gasteiger partial charge is 0.269 e. The Morgan fingerprint density at radius 2 is 1.97 bits per heavy atom. The monoisotopic (exact) mass is 458 g/mol. The second-order valence-electron chi connectivity index (χ2n) is 7.13. The van der Waals surface area contributed by atoms with Crippen molar-refractivity contribution < 1.29 is 14.4 Å². The van der Waals surface area contributed by atoms with Crippen LogP contribution in [-0.2, 0) is 16.2 Å². The standard InChI is InChI=1S/C22H20Cl2N4O3/c1-13-9-21(26-28(13)12-14-3-8-17(23)18(24)10-14)25-22(29)20-11-19(27-31-20)15-4-6-16(30-2)7-5-15/h3-10,20H,11-12H2,1-2H3,(H,25,26,29). The third-order valence-electron chi connectivity index (χ3n) is 4.93. The van der Waals surface area contributed by atoms with Crippen LogP contribution in [0.15, 0.2) is 53.7 Å². The van der Waals surface area contributed by atoms with Crippen molar-refractivity contribution in [3.8, 4) is 5.75 Å². The fraction of sp³-hybridized carbons (Fsp3) is 0.227. The quantitative estimate of drug-likeness (QED) is 0.581. The summed E-state index contributed by atoms with van der Waals surface area (Å²) in [6.07, 6.45) is -0.334. The van der Waals surface area contributed by atoms with Gasteiger partial charge < -0.3 is 14.9 Å². The van der Waals surface area contributed by atoms with E-state index in [1.807, 2.05) is 37.3 Å². The van der Waals surface area contributed by atoms with Crippen LogP contribution in [0.2, 0.25) is 10.0 Å². The van der Waals surface area contributed by atoms with Crippen molar-refractivity contribution in [3.05, 3.63) is 75.4 Å².